The second-order valence-electron chi connectivity index (χ2n) is 6.22. The van der Waals surface area contributed by atoms with E-state index >= 15 is 0 Å². The van der Waals surface area contributed by atoms with E-state index in [1.165, 1.54) is 11.4 Å². The van der Waals surface area contributed by atoms with Crippen LogP contribution in [0.2, 0.25) is 0 Å². The van der Waals surface area contributed by atoms with Gasteiger partial charge in [-0.25, -0.2) is 0 Å². The van der Waals surface area contributed by atoms with Crippen LogP contribution in [0, 0.1) is 6.92 Å². The first-order chi connectivity index (χ1) is 9.44. The Hall–Kier alpha value is -1.07. The molecule has 2 rings (SSSR count). The molecule has 1 N–H and O–H groups in total. The number of nitrogens with zero attached hydrogens (tertiary/aromatic N) is 3. The van der Waals surface area contributed by atoms with Crippen LogP contribution in [0.1, 0.15) is 38.4 Å². The highest BCUT2D eigenvalue weighted by Crippen LogP contribution is 2.27. The van der Waals surface area contributed by atoms with Crippen molar-refractivity contribution < 1.29 is 4.74 Å². The third-order valence-electron chi connectivity index (χ3n) is 3.77. The molecule has 0 unspecified atom stereocenters. The number of anilines is 1. The monoisotopic (exact) mass is 280 g/mol. The second kappa shape index (κ2) is 6.14. The first-order valence-electron chi connectivity index (χ1n) is 7.56. The Kier molecular flexibility index (Phi) is 4.70. The first kappa shape index (κ1) is 15.3. The summed E-state index contributed by atoms with van der Waals surface area (Å²) in [5, 5.41) is 8.10. The summed E-state index contributed by atoms with van der Waals surface area (Å²) < 4.78 is 7.83. The van der Waals surface area contributed by atoms with Crippen molar-refractivity contribution in [1.82, 2.24) is 15.1 Å². The number of hydrogen-bond acceptors (Lipinski definition) is 4. The smallest absolute Gasteiger partial charge is 0.131 e. The molecule has 0 aliphatic carbocycles. The molecule has 5 heteroatoms. The number of aryl methyl sites for hydroxylation is 2. The Morgan fingerprint density at radius 3 is 2.80 bits per heavy atom. The summed E-state index contributed by atoms with van der Waals surface area (Å²) in [5.41, 5.74) is 2.35. The second-order valence-corrected chi connectivity index (χ2v) is 6.22. The van der Waals surface area contributed by atoms with Crippen LogP contribution in [0.3, 0.4) is 0 Å². The fourth-order valence-electron chi connectivity index (χ4n) is 2.88. The highest BCUT2D eigenvalue weighted by molar-refractivity contribution is 5.51. The fraction of sp³-hybridized carbons (Fsp3) is 0.800. The molecule has 0 saturated carbocycles. The van der Waals surface area contributed by atoms with Crippen LogP contribution < -0.4 is 10.2 Å². The summed E-state index contributed by atoms with van der Waals surface area (Å²) in [7, 11) is 2.04. The highest BCUT2D eigenvalue weighted by atomic mass is 16.5. The van der Waals surface area contributed by atoms with Crippen LogP contribution in [0.25, 0.3) is 0 Å². The third kappa shape index (κ3) is 3.33. The third-order valence-corrected chi connectivity index (χ3v) is 3.77. The van der Waals surface area contributed by atoms with Crippen LogP contribution >= 0.6 is 0 Å². The van der Waals surface area contributed by atoms with Crippen LogP contribution in [0.5, 0.6) is 0 Å². The summed E-state index contributed by atoms with van der Waals surface area (Å²) in [6.45, 7) is 13.1. The lowest BCUT2D eigenvalue weighted by molar-refractivity contribution is -0.0281. The van der Waals surface area contributed by atoms with Gasteiger partial charge in [0.05, 0.1) is 17.9 Å². The molecule has 0 radical (unpaired) electrons. The zero-order valence-electron chi connectivity index (χ0n) is 13.5. The lowest BCUT2D eigenvalue weighted by Gasteiger charge is -2.39. The van der Waals surface area contributed by atoms with E-state index in [0.29, 0.717) is 0 Å². The molecule has 1 saturated heterocycles. The summed E-state index contributed by atoms with van der Waals surface area (Å²) in [4.78, 5) is 2.41. The van der Waals surface area contributed by atoms with Crippen molar-refractivity contribution in [3.05, 3.63) is 11.3 Å². The maximum atomic E-state index is 5.82. The minimum atomic E-state index is -0.0927. The van der Waals surface area contributed by atoms with Crippen molar-refractivity contribution in [1.29, 1.82) is 0 Å². The molecule has 0 atom stereocenters. The Bertz CT molecular complexity index is 453. The molecular weight excluding hydrogens is 252 g/mol. The molecular formula is C15H28N4O. The molecule has 0 aromatic carbocycles. The van der Waals surface area contributed by atoms with Gasteiger partial charge in [0, 0.05) is 32.2 Å². The predicted molar refractivity (Wildman–Crippen MR) is 82.2 cm³/mol. The normalized spacial score (nSPS) is 18.6. The lowest BCUT2D eigenvalue weighted by Crippen LogP contribution is -2.49. The van der Waals surface area contributed by atoms with Gasteiger partial charge < -0.3 is 15.0 Å². The maximum absolute atomic E-state index is 5.82. The van der Waals surface area contributed by atoms with Gasteiger partial charge >= 0.3 is 0 Å². The largest absolute Gasteiger partial charge is 0.372 e. The van der Waals surface area contributed by atoms with Gasteiger partial charge in [0.2, 0.25) is 0 Å². The number of morpholine rings is 1. The topological polar surface area (TPSA) is 42.3 Å². The van der Waals surface area contributed by atoms with Gasteiger partial charge in [0.1, 0.15) is 5.82 Å². The zero-order valence-corrected chi connectivity index (χ0v) is 13.5. The van der Waals surface area contributed by atoms with E-state index in [4.69, 9.17) is 4.74 Å². The first-order valence-corrected chi connectivity index (χ1v) is 7.56. The predicted octanol–water partition coefficient (Wildman–Crippen LogP) is 1.84. The van der Waals surface area contributed by atoms with Crippen LogP contribution in [0.15, 0.2) is 0 Å². The zero-order chi connectivity index (χ0) is 14.8. The number of ether oxygens (including phenoxy) is 1. The minimum absolute atomic E-state index is 0.0927. The van der Waals surface area contributed by atoms with Crippen molar-refractivity contribution in [3.8, 4) is 0 Å². The Balaban J connectivity index is 2.21. The van der Waals surface area contributed by atoms with E-state index in [2.05, 4.69) is 43.0 Å². The van der Waals surface area contributed by atoms with Gasteiger partial charge in [0.25, 0.3) is 0 Å². The van der Waals surface area contributed by atoms with Crippen LogP contribution in [-0.2, 0) is 18.3 Å². The van der Waals surface area contributed by atoms with Crippen LogP contribution in [-0.4, -0.2) is 41.6 Å². The van der Waals surface area contributed by atoms with Gasteiger partial charge in [0.15, 0.2) is 0 Å². The van der Waals surface area contributed by atoms with Crippen LogP contribution in [0.4, 0.5) is 5.82 Å². The lowest BCUT2D eigenvalue weighted by atomic mass is 10.1. The van der Waals surface area contributed by atoms with E-state index in [1.54, 1.807) is 0 Å². The van der Waals surface area contributed by atoms with E-state index in [9.17, 15) is 0 Å². The molecule has 20 heavy (non-hydrogen) atoms. The number of aromatic nitrogens is 2. The van der Waals surface area contributed by atoms with E-state index in [1.807, 2.05) is 11.7 Å². The van der Waals surface area contributed by atoms with Crippen molar-refractivity contribution in [2.75, 3.05) is 31.1 Å². The molecule has 2 heterocycles. The van der Waals surface area contributed by atoms with Gasteiger partial charge in [-0.2, -0.15) is 5.10 Å². The van der Waals surface area contributed by atoms with Gasteiger partial charge in [-0.3, -0.25) is 4.68 Å². The average Bonchev–Trinajstić information content (AvgIpc) is 2.63. The van der Waals surface area contributed by atoms with Crippen molar-refractivity contribution >= 4 is 5.82 Å². The quantitative estimate of drug-likeness (QED) is 0.836. The Morgan fingerprint density at radius 1 is 1.40 bits per heavy atom. The molecule has 0 bridgehead atoms. The van der Waals surface area contributed by atoms with Gasteiger partial charge in [-0.05, 0) is 33.7 Å². The molecule has 0 amide bonds. The maximum Gasteiger partial charge on any atom is 0.131 e. The average molecular weight is 280 g/mol. The van der Waals surface area contributed by atoms with Crippen molar-refractivity contribution in [3.63, 3.8) is 0 Å². The van der Waals surface area contributed by atoms with Crippen molar-refractivity contribution in [2.45, 2.75) is 46.3 Å². The number of rotatable bonds is 5. The number of hydrogen-bond donors (Lipinski definition) is 1. The molecule has 1 aliphatic rings. The Labute approximate surface area is 122 Å². The van der Waals surface area contributed by atoms with Crippen molar-refractivity contribution in [2.24, 2.45) is 7.05 Å². The fourth-order valence-corrected chi connectivity index (χ4v) is 2.88. The summed E-state index contributed by atoms with van der Waals surface area (Å²) in [6, 6.07) is 0. The van der Waals surface area contributed by atoms with E-state index in [0.717, 1.165) is 44.9 Å². The molecule has 1 aromatic heterocycles. The van der Waals surface area contributed by atoms with Gasteiger partial charge in [-0.1, -0.05) is 6.92 Å². The van der Waals surface area contributed by atoms with E-state index in [-0.39, 0.29) is 5.60 Å². The summed E-state index contributed by atoms with van der Waals surface area (Å²) in [5.74, 6) is 1.24. The molecule has 5 nitrogen and oxygen atoms in total. The standard InChI is InChI=1S/C15H28N4O/c1-6-7-16-10-13-12(2)17-18(5)14(13)19-8-9-20-15(3,4)11-19/h16H,6-11H2,1-5H3. The Morgan fingerprint density at radius 2 is 2.15 bits per heavy atom. The SMILES string of the molecule is CCCNCc1c(C)nn(C)c1N1CCOC(C)(C)C1. The molecule has 114 valence electrons. The van der Waals surface area contributed by atoms with Gasteiger partial charge in [-0.15, -0.1) is 0 Å². The molecule has 1 aromatic rings. The minimum Gasteiger partial charge on any atom is -0.372 e. The molecule has 1 fully saturated rings. The number of nitrogens with one attached hydrogen (secondary N) is 1. The molecule has 0 spiro atoms. The molecule has 1 aliphatic heterocycles. The summed E-state index contributed by atoms with van der Waals surface area (Å²) >= 11 is 0. The van der Waals surface area contributed by atoms with E-state index < -0.39 is 0 Å². The highest BCUT2D eigenvalue weighted by Gasteiger charge is 2.30. The summed E-state index contributed by atoms with van der Waals surface area (Å²) in [6.07, 6.45) is 1.15.